The quantitative estimate of drug-likeness (QED) is 0.0317. The van der Waals surface area contributed by atoms with E-state index < -0.39 is 37.0 Å². The molecule has 17 heteroatoms. The first kappa shape index (κ1) is 46.3. The molecule has 0 aliphatic carbocycles. The van der Waals surface area contributed by atoms with Crippen molar-refractivity contribution < 1.29 is 40.1 Å². The maximum atomic E-state index is 12.8. The zero-order valence-electron chi connectivity index (χ0n) is 36.2. The number of carbonyl (C=O) groups excluding carboxylic acids is 2. The van der Waals surface area contributed by atoms with Crippen LogP contribution in [0.4, 0.5) is 17.1 Å². The van der Waals surface area contributed by atoms with Crippen LogP contribution in [0, 0.1) is 0 Å². The lowest BCUT2D eigenvalue weighted by molar-refractivity contribution is -0.438. The first-order valence-corrected chi connectivity index (χ1v) is 24.7. The van der Waals surface area contributed by atoms with Crippen LogP contribution >= 0.6 is 11.6 Å². The Balaban J connectivity index is 0.979. The van der Waals surface area contributed by atoms with Crippen molar-refractivity contribution in [3.05, 3.63) is 107 Å². The van der Waals surface area contributed by atoms with Gasteiger partial charge in [0.1, 0.15) is 6.54 Å². The molecule has 2 saturated heterocycles. The highest BCUT2D eigenvalue weighted by atomic mass is 35.5. The van der Waals surface area contributed by atoms with E-state index in [2.05, 4.69) is 30.4 Å². The van der Waals surface area contributed by atoms with Crippen molar-refractivity contribution in [1.29, 1.82) is 0 Å². The molecule has 336 valence electrons. The summed E-state index contributed by atoms with van der Waals surface area (Å²) in [4.78, 5) is 31.6. The summed E-state index contributed by atoms with van der Waals surface area (Å²) >= 11 is 6.32. The van der Waals surface area contributed by atoms with E-state index in [0.717, 1.165) is 52.3 Å². The number of amides is 2. The van der Waals surface area contributed by atoms with Gasteiger partial charge in [0.15, 0.2) is 10.9 Å². The van der Waals surface area contributed by atoms with Crippen LogP contribution in [0.25, 0.3) is 0 Å². The zero-order chi connectivity index (χ0) is 45.5. The monoisotopic (exact) mass is 919 g/mol. The number of allylic oxidation sites excluding steroid dienone is 6. The maximum absolute atomic E-state index is 12.8. The number of benzene rings is 2. The third kappa shape index (κ3) is 9.71. The summed E-state index contributed by atoms with van der Waals surface area (Å²) in [6.07, 6.45) is 17.1. The predicted octanol–water partition coefficient (Wildman–Crippen LogP) is 7.34. The summed E-state index contributed by atoms with van der Waals surface area (Å²) in [6, 6.07) is 12.1. The van der Waals surface area contributed by atoms with Gasteiger partial charge in [-0.05, 0) is 106 Å². The van der Waals surface area contributed by atoms with Gasteiger partial charge < -0.3 is 20.9 Å². The average molecular weight is 921 g/mol. The SMILES string of the molecule is CCN1/C(=C/C=C/C=C/C2=[N+](CCCCCC(=O)NCC(=O)Nc3cc([C@H]4C[C@@H]5CC[C@H]4N5)cnc3Cl)c3ccc(S(=O)(=O)O)cc3C2(C)C)C(C)(C)c2cc(S(=O)(=O)O)ccc21. The molecule has 14 nitrogen and oxygen atoms in total. The fraction of sp³-hybridized carbons (Fsp3) is 0.435. The van der Waals surface area contributed by atoms with Crippen LogP contribution in [0.5, 0.6) is 0 Å². The Labute approximate surface area is 375 Å². The second kappa shape index (κ2) is 18.0. The first-order valence-electron chi connectivity index (χ1n) is 21.4. The van der Waals surface area contributed by atoms with Crippen molar-refractivity contribution in [3.63, 3.8) is 0 Å². The summed E-state index contributed by atoms with van der Waals surface area (Å²) in [6.45, 7) is 11.1. The van der Waals surface area contributed by atoms with Gasteiger partial charge in [-0.15, -0.1) is 0 Å². The van der Waals surface area contributed by atoms with Gasteiger partial charge in [0.25, 0.3) is 20.2 Å². The molecule has 0 radical (unpaired) electrons. The fourth-order valence-corrected chi connectivity index (χ4v) is 10.9. The number of anilines is 2. The molecule has 0 unspecified atom stereocenters. The molecular formula is C46H56ClN6O8S2+. The number of rotatable bonds is 16. The van der Waals surface area contributed by atoms with Crippen molar-refractivity contribution >= 4 is 66.4 Å². The largest absolute Gasteiger partial charge is 0.347 e. The zero-order valence-corrected chi connectivity index (χ0v) is 38.6. The molecule has 4 aliphatic heterocycles. The first-order chi connectivity index (χ1) is 29.7. The molecule has 7 rings (SSSR count). The molecule has 3 aromatic rings. The van der Waals surface area contributed by atoms with E-state index in [0.29, 0.717) is 56.0 Å². The van der Waals surface area contributed by atoms with Gasteiger partial charge >= 0.3 is 0 Å². The molecule has 5 heterocycles. The molecule has 2 amide bonds. The van der Waals surface area contributed by atoms with Gasteiger partial charge in [-0.3, -0.25) is 18.7 Å². The molecule has 1 aromatic heterocycles. The van der Waals surface area contributed by atoms with E-state index in [1.807, 2.05) is 71.1 Å². The van der Waals surface area contributed by atoms with E-state index in [4.69, 9.17) is 11.6 Å². The summed E-state index contributed by atoms with van der Waals surface area (Å²) in [7, 11) is -8.81. The van der Waals surface area contributed by atoms with Gasteiger partial charge in [-0.2, -0.15) is 21.4 Å². The highest BCUT2D eigenvalue weighted by Crippen LogP contribution is 2.48. The standard InChI is InChI=1S/C46H55ClN6O8S2/c1-6-52-38-20-17-31(62(56,57)58)25-34(38)45(2,3)40(52)13-9-7-10-14-41-46(4,5)35-26-32(63(59,60)61)18-21-39(35)53(41)22-12-8-11-15-42(54)48-28-43(55)51-37-23-29(27-49-44(37)47)33-24-30-16-19-36(33)50-30/h7,9-10,13-14,17-18,20-21,23,25-27,30,33,36,50H,6,8,11-12,15-16,19,22,24,28H2,1-5H3,(H3-,48,51,54,55,56,57,58,59,60,61)/p+1/t30-,33+,36+/m0/s1. The molecular weight excluding hydrogens is 864 g/mol. The van der Waals surface area contributed by atoms with Crippen LogP contribution in [0.3, 0.4) is 0 Å². The molecule has 5 N–H and O–H groups in total. The molecule has 2 fully saturated rings. The third-order valence-electron chi connectivity index (χ3n) is 13.0. The number of hydrogen-bond donors (Lipinski definition) is 5. The highest BCUT2D eigenvalue weighted by molar-refractivity contribution is 7.86. The van der Waals surface area contributed by atoms with Gasteiger partial charge in [0.2, 0.25) is 17.5 Å². The third-order valence-corrected chi connectivity index (χ3v) is 15.0. The highest BCUT2D eigenvalue weighted by Gasteiger charge is 2.45. The minimum absolute atomic E-state index is 0.150. The topological polar surface area (TPSA) is 198 Å². The summed E-state index contributed by atoms with van der Waals surface area (Å²) < 4.78 is 69.8. The lowest BCUT2D eigenvalue weighted by Crippen LogP contribution is -2.32. The Morgan fingerprint density at radius 2 is 1.63 bits per heavy atom. The molecule has 2 bridgehead atoms. The number of hydrogen-bond acceptors (Lipinski definition) is 9. The van der Waals surface area contributed by atoms with Crippen molar-refractivity contribution in [2.75, 3.05) is 29.9 Å². The summed E-state index contributed by atoms with van der Waals surface area (Å²) in [5, 5.41) is 9.32. The van der Waals surface area contributed by atoms with Crippen LogP contribution in [0.2, 0.25) is 5.15 Å². The Hall–Kier alpha value is -4.71. The van der Waals surface area contributed by atoms with Crippen molar-refractivity contribution in [3.8, 4) is 0 Å². The number of fused-ring (bicyclic) bond motifs is 4. The Morgan fingerprint density at radius 1 is 0.921 bits per heavy atom. The Bertz CT molecular complexity index is 2670. The van der Waals surface area contributed by atoms with E-state index >= 15 is 0 Å². The van der Waals surface area contributed by atoms with Crippen LogP contribution < -0.4 is 20.9 Å². The van der Waals surface area contributed by atoms with Gasteiger partial charge in [0, 0.05) is 78.1 Å². The average Bonchev–Trinajstić information content (AvgIpc) is 3.96. The lowest BCUT2D eigenvalue weighted by Gasteiger charge is -2.25. The second-order valence-electron chi connectivity index (χ2n) is 17.8. The van der Waals surface area contributed by atoms with E-state index in [1.54, 1.807) is 18.3 Å². The predicted molar refractivity (Wildman–Crippen MR) is 244 cm³/mol. The summed E-state index contributed by atoms with van der Waals surface area (Å²) in [5.41, 5.74) is 5.41. The van der Waals surface area contributed by atoms with E-state index in [1.165, 1.54) is 30.7 Å². The van der Waals surface area contributed by atoms with Gasteiger partial charge in [-0.1, -0.05) is 43.7 Å². The molecule has 0 spiro atoms. The van der Waals surface area contributed by atoms with Gasteiger partial charge in [0.05, 0.1) is 27.4 Å². The number of carbonyl (C=O) groups is 2. The van der Waals surface area contributed by atoms with Gasteiger partial charge in [-0.25, -0.2) is 4.98 Å². The Kier molecular flexibility index (Phi) is 13.3. The van der Waals surface area contributed by atoms with Crippen LogP contribution in [-0.2, 0) is 40.7 Å². The number of nitrogens with one attached hydrogen (secondary N) is 3. The maximum Gasteiger partial charge on any atom is 0.294 e. The molecule has 0 saturated carbocycles. The lowest BCUT2D eigenvalue weighted by atomic mass is 9.81. The van der Waals surface area contributed by atoms with Crippen LogP contribution in [0.15, 0.2) is 94.5 Å². The molecule has 2 aromatic carbocycles. The second-order valence-corrected chi connectivity index (χ2v) is 21.0. The van der Waals surface area contributed by atoms with Crippen molar-refractivity contribution in [2.45, 2.75) is 118 Å². The number of pyridine rings is 1. The van der Waals surface area contributed by atoms with Crippen molar-refractivity contribution in [1.82, 2.24) is 15.6 Å². The number of likely N-dealkylation sites (N-methyl/N-ethyl adjacent to an activating group) is 1. The van der Waals surface area contributed by atoms with E-state index in [-0.39, 0.29) is 33.8 Å². The van der Waals surface area contributed by atoms with Crippen LogP contribution in [-0.4, -0.2) is 84.7 Å². The molecule has 4 aliphatic rings. The number of unbranched alkanes of at least 4 members (excludes halogenated alkanes) is 2. The minimum Gasteiger partial charge on any atom is -0.347 e. The molecule has 3 atom stereocenters. The normalized spacial score (nSPS) is 21.8. The molecule has 63 heavy (non-hydrogen) atoms. The summed E-state index contributed by atoms with van der Waals surface area (Å²) in [5.74, 6) is -0.299. The Morgan fingerprint density at radius 3 is 2.30 bits per heavy atom. The van der Waals surface area contributed by atoms with Crippen LogP contribution in [0.1, 0.15) is 102 Å². The fourth-order valence-electron chi connectivity index (χ4n) is 9.71. The number of nitrogens with zero attached hydrogens (tertiary/aromatic N) is 3. The van der Waals surface area contributed by atoms with Crippen molar-refractivity contribution in [2.24, 2.45) is 0 Å². The minimum atomic E-state index is -4.44. The number of halogens is 1. The number of aromatic nitrogens is 1. The van der Waals surface area contributed by atoms with E-state index in [9.17, 15) is 35.5 Å². The smallest absolute Gasteiger partial charge is 0.294 e.